The van der Waals surface area contributed by atoms with Crippen molar-refractivity contribution in [1.29, 1.82) is 0 Å². The van der Waals surface area contributed by atoms with Gasteiger partial charge in [-0.1, -0.05) is 18.2 Å². The highest BCUT2D eigenvalue weighted by atomic mass is 16.5. The molecule has 4 aromatic rings. The number of dihydropyridines is 1. The summed E-state index contributed by atoms with van der Waals surface area (Å²) in [5.74, 6) is 1.64. The highest BCUT2D eigenvalue weighted by Gasteiger charge is 2.16. The van der Waals surface area contributed by atoms with E-state index in [4.69, 9.17) is 19.1 Å². The molecule has 8 nitrogen and oxygen atoms in total. The Hall–Kier alpha value is -4.46. The topological polar surface area (TPSA) is 102 Å². The van der Waals surface area contributed by atoms with Gasteiger partial charge in [-0.05, 0) is 42.8 Å². The lowest BCUT2D eigenvalue weighted by molar-refractivity contribution is 0.0951. The number of carbonyl (C=O) groups excluding carboxylic acids is 1. The molecule has 0 radical (unpaired) electrons. The van der Waals surface area contributed by atoms with Crippen molar-refractivity contribution in [3.05, 3.63) is 84.1 Å². The minimum absolute atomic E-state index is 0.206. The molecule has 0 atom stereocenters. The van der Waals surface area contributed by atoms with Crippen molar-refractivity contribution in [1.82, 2.24) is 15.3 Å². The Morgan fingerprint density at radius 1 is 1.15 bits per heavy atom. The predicted octanol–water partition coefficient (Wildman–Crippen LogP) is 4.76. The number of rotatable bonds is 7. The molecule has 170 valence electrons. The molecule has 0 fully saturated rings. The zero-order valence-corrected chi connectivity index (χ0v) is 18.6. The van der Waals surface area contributed by atoms with Crippen LogP contribution in [0.1, 0.15) is 28.2 Å². The van der Waals surface area contributed by atoms with Crippen molar-refractivity contribution in [2.24, 2.45) is 4.99 Å². The number of carbonyl (C=O) groups is 1. The number of methoxy groups -OCH3 is 1. The fraction of sp³-hybridized carbons (Fsp3) is 0.154. The Balaban J connectivity index is 1.52. The van der Waals surface area contributed by atoms with Crippen molar-refractivity contribution < 1.29 is 13.9 Å². The summed E-state index contributed by atoms with van der Waals surface area (Å²) in [6.45, 7) is 1.13. The second-order valence-corrected chi connectivity index (χ2v) is 7.75. The zero-order chi connectivity index (χ0) is 23.3. The SMILES string of the molecule is COc1ccc2nc(C3=CCCN=C3)nc(Nc3ccccc3C(=O)NCc3ccoc3)c2c1. The van der Waals surface area contributed by atoms with Gasteiger partial charge in [0.15, 0.2) is 5.82 Å². The van der Waals surface area contributed by atoms with Gasteiger partial charge in [-0.15, -0.1) is 0 Å². The Morgan fingerprint density at radius 3 is 2.85 bits per heavy atom. The van der Waals surface area contributed by atoms with E-state index < -0.39 is 0 Å². The summed E-state index contributed by atoms with van der Waals surface area (Å²) in [5.41, 5.74) is 3.65. The summed E-state index contributed by atoms with van der Waals surface area (Å²) in [4.78, 5) is 26.9. The summed E-state index contributed by atoms with van der Waals surface area (Å²) in [6.07, 6.45) is 7.91. The highest BCUT2D eigenvalue weighted by molar-refractivity contribution is 6.10. The van der Waals surface area contributed by atoms with Crippen LogP contribution in [0.25, 0.3) is 16.5 Å². The molecule has 2 aromatic heterocycles. The van der Waals surface area contributed by atoms with Gasteiger partial charge in [0.25, 0.3) is 5.91 Å². The van der Waals surface area contributed by atoms with E-state index in [1.807, 2.05) is 42.5 Å². The van der Waals surface area contributed by atoms with Crippen molar-refractivity contribution >= 4 is 40.1 Å². The minimum Gasteiger partial charge on any atom is -0.497 e. The third kappa shape index (κ3) is 4.52. The van der Waals surface area contributed by atoms with Gasteiger partial charge in [0, 0.05) is 35.8 Å². The molecule has 1 amide bonds. The van der Waals surface area contributed by atoms with Crippen LogP contribution >= 0.6 is 0 Å². The molecule has 2 aromatic carbocycles. The summed E-state index contributed by atoms with van der Waals surface area (Å²) in [5, 5.41) is 7.07. The van der Waals surface area contributed by atoms with Gasteiger partial charge in [-0.2, -0.15) is 0 Å². The molecule has 5 rings (SSSR count). The number of benzene rings is 2. The molecule has 0 saturated heterocycles. The highest BCUT2D eigenvalue weighted by Crippen LogP contribution is 2.30. The first-order chi connectivity index (χ1) is 16.7. The maximum atomic E-state index is 13.0. The van der Waals surface area contributed by atoms with Crippen LogP contribution in [0.2, 0.25) is 0 Å². The third-order valence-corrected chi connectivity index (χ3v) is 5.47. The second-order valence-electron chi connectivity index (χ2n) is 7.75. The summed E-state index contributed by atoms with van der Waals surface area (Å²) in [6, 6.07) is 14.8. The van der Waals surface area contributed by atoms with Gasteiger partial charge < -0.3 is 19.8 Å². The number of anilines is 2. The fourth-order valence-corrected chi connectivity index (χ4v) is 3.71. The Kier molecular flexibility index (Phi) is 6.03. The first-order valence-electron chi connectivity index (χ1n) is 10.9. The number of nitrogens with zero attached hydrogens (tertiary/aromatic N) is 3. The van der Waals surface area contributed by atoms with Gasteiger partial charge in [-0.25, -0.2) is 9.97 Å². The molecule has 1 aliphatic heterocycles. The van der Waals surface area contributed by atoms with Gasteiger partial charge in [0.1, 0.15) is 11.6 Å². The van der Waals surface area contributed by atoms with Gasteiger partial charge in [0.05, 0.1) is 36.4 Å². The van der Waals surface area contributed by atoms with Crippen LogP contribution in [0, 0.1) is 0 Å². The maximum absolute atomic E-state index is 13.0. The molecule has 2 N–H and O–H groups in total. The first-order valence-corrected chi connectivity index (χ1v) is 10.9. The zero-order valence-electron chi connectivity index (χ0n) is 18.6. The lowest BCUT2D eigenvalue weighted by Crippen LogP contribution is -2.23. The van der Waals surface area contributed by atoms with Crippen LogP contribution in [0.3, 0.4) is 0 Å². The second kappa shape index (κ2) is 9.58. The molecule has 0 aliphatic carbocycles. The lowest BCUT2D eigenvalue weighted by Gasteiger charge is -2.15. The number of furan rings is 1. The summed E-state index contributed by atoms with van der Waals surface area (Å²) in [7, 11) is 1.62. The maximum Gasteiger partial charge on any atom is 0.253 e. The van der Waals surface area contributed by atoms with E-state index in [0.29, 0.717) is 35.2 Å². The molecule has 0 unspecified atom stereocenters. The number of nitrogens with one attached hydrogen (secondary N) is 2. The number of aliphatic imine (C=N–C) groups is 1. The van der Waals surface area contributed by atoms with Crippen LogP contribution < -0.4 is 15.4 Å². The van der Waals surface area contributed by atoms with Crippen LogP contribution in [-0.4, -0.2) is 35.7 Å². The number of aromatic nitrogens is 2. The van der Waals surface area contributed by atoms with E-state index in [1.54, 1.807) is 31.9 Å². The van der Waals surface area contributed by atoms with Crippen LogP contribution in [0.5, 0.6) is 5.75 Å². The molecule has 1 aliphatic rings. The van der Waals surface area contributed by atoms with Crippen molar-refractivity contribution in [2.75, 3.05) is 19.0 Å². The van der Waals surface area contributed by atoms with Crippen LogP contribution in [-0.2, 0) is 6.54 Å². The van der Waals surface area contributed by atoms with Crippen molar-refractivity contribution in [2.45, 2.75) is 13.0 Å². The van der Waals surface area contributed by atoms with Crippen LogP contribution in [0.4, 0.5) is 11.5 Å². The monoisotopic (exact) mass is 453 g/mol. The number of amides is 1. The smallest absolute Gasteiger partial charge is 0.253 e. The van der Waals surface area contributed by atoms with Crippen LogP contribution in [0.15, 0.2) is 76.5 Å². The lowest BCUT2D eigenvalue weighted by atomic mass is 10.1. The van der Waals surface area contributed by atoms with Crippen molar-refractivity contribution in [3.8, 4) is 5.75 Å². The van der Waals surface area contributed by atoms with E-state index in [-0.39, 0.29) is 5.91 Å². The molecule has 3 heterocycles. The summed E-state index contributed by atoms with van der Waals surface area (Å²) < 4.78 is 10.5. The molecule has 34 heavy (non-hydrogen) atoms. The fourth-order valence-electron chi connectivity index (χ4n) is 3.71. The standard InChI is InChI=1S/C26H23N5O3/c1-33-19-8-9-23-21(13-19)25(31-24(29-23)18-5-4-11-27-15-18)30-22-7-3-2-6-20(22)26(32)28-14-17-10-12-34-16-17/h2-3,5-10,12-13,15-16H,4,11,14H2,1H3,(H,28,32)(H,29,30,31). The van der Waals surface area contributed by atoms with Gasteiger partial charge in [0.2, 0.25) is 0 Å². The summed E-state index contributed by atoms with van der Waals surface area (Å²) >= 11 is 0. The minimum atomic E-state index is -0.206. The Labute approximate surface area is 196 Å². The van der Waals surface area contributed by atoms with Crippen molar-refractivity contribution in [3.63, 3.8) is 0 Å². The molecule has 0 spiro atoms. The van der Waals surface area contributed by atoms with E-state index in [2.05, 4.69) is 21.7 Å². The largest absolute Gasteiger partial charge is 0.497 e. The molecular weight excluding hydrogens is 430 g/mol. The normalized spacial score (nSPS) is 12.9. The number of hydrogen-bond acceptors (Lipinski definition) is 7. The number of ether oxygens (including phenoxy) is 1. The molecule has 8 heteroatoms. The number of allylic oxidation sites excluding steroid dienone is 1. The first kappa shape index (κ1) is 21.4. The number of hydrogen-bond donors (Lipinski definition) is 2. The van der Waals surface area contributed by atoms with Gasteiger partial charge >= 0.3 is 0 Å². The van der Waals surface area contributed by atoms with Gasteiger partial charge in [-0.3, -0.25) is 9.79 Å². The average molecular weight is 454 g/mol. The Bertz CT molecular complexity index is 1390. The Morgan fingerprint density at radius 2 is 2.06 bits per heavy atom. The quantitative estimate of drug-likeness (QED) is 0.418. The number of para-hydroxylation sites is 1. The molecule has 0 bridgehead atoms. The third-order valence-electron chi connectivity index (χ3n) is 5.47. The average Bonchev–Trinajstić information content (AvgIpc) is 3.41. The molecule has 0 saturated carbocycles. The van der Waals surface area contributed by atoms with E-state index >= 15 is 0 Å². The predicted molar refractivity (Wildman–Crippen MR) is 132 cm³/mol. The number of fused-ring (bicyclic) bond motifs is 1. The molecular formula is C26H23N5O3. The van der Waals surface area contributed by atoms with E-state index in [0.717, 1.165) is 35.0 Å². The van der Waals surface area contributed by atoms with E-state index in [9.17, 15) is 4.79 Å². The van der Waals surface area contributed by atoms with E-state index in [1.165, 1.54) is 0 Å².